The molecular formula is C14H19ClF3NOS. The number of hydrogen-bond acceptors (Lipinski definition) is 1. The molecule has 21 heavy (non-hydrogen) atoms. The molecule has 7 heteroatoms. The van der Waals surface area contributed by atoms with E-state index in [9.17, 15) is 17.4 Å². The Morgan fingerprint density at radius 2 is 1.86 bits per heavy atom. The lowest BCUT2D eigenvalue weighted by Gasteiger charge is -2.27. The van der Waals surface area contributed by atoms with E-state index in [0.29, 0.717) is 12.0 Å². The molecule has 2 nitrogen and oxygen atoms in total. The Bertz CT molecular complexity index is 531. The summed E-state index contributed by atoms with van der Waals surface area (Å²) in [5, 5.41) is 0.0548. The van der Waals surface area contributed by atoms with Crippen LogP contribution in [0.25, 0.3) is 0 Å². The summed E-state index contributed by atoms with van der Waals surface area (Å²) in [5.41, 5.74) is -0.264. The van der Waals surface area contributed by atoms with Crippen molar-refractivity contribution in [3.05, 3.63) is 34.3 Å². The fourth-order valence-electron chi connectivity index (χ4n) is 2.27. The van der Waals surface area contributed by atoms with Crippen molar-refractivity contribution in [3.8, 4) is 0 Å². The van der Waals surface area contributed by atoms with Crippen molar-refractivity contribution in [2.45, 2.75) is 44.0 Å². The summed E-state index contributed by atoms with van der Waals surface area (Å²) in [5.74, 6) is -0.197. The molecule has 1 N–H and O–H groups in total. The molecule has 0 saturated heterocycles. The van der Waals surface area contributed by atoms with Gasteiger partial charge in [0.25, 0.3) is 0 Å². The zero-order valence-electron chi connectivity index (χ0n) is 12.3. The highest BCUT2D eigenvalue weighted by atomic mass is 35.5. The maximum absolute atomic E-state index is 12.8. The first kappa shape index (κ1) is 18.5. The Morgan fingerprint density at radius 1 is 1.29 bits per heavy atom. The van der Waals surface area contributed by atoms with E-state index in [1.54, 1.807) is 14.0 Å². The molecular weight excluding hydrogens is 323 g/mol. The van der Waals surface area contributed by atoms with Gasteiger partial charge in [-0.15, -0.1) is 0 Å². The zero-order chi connectivity index (χ0) is 16.4. The molecule has 120 valence electrons. The van der Waals surface area contributed by atoms with Crippen molar-refractivity contribution in [1.29, 1.82) is 0 Å². The van der Waals surface area contributed by atoms with Gasteiger partial charge in [0.15, 0.2) is 0 Å². The monoisotopic (exact) mass is 341 g/mol. The van der Waals surface area contributed by atoms with Crippen LogP contribution in [0.5, 0.6) is 0 Å². The molecule has 0 saturated carbocycles. The molecule has 1 aromatic rings. The van der Waals surface area contributed by atoms with Gasteiger partial charge in [-0.1, -0.05) is 18.5 Å². The summed E-state index contributed by atoms with van der Waals surface area (Å²) in [7, 11) is 0.322. The second-order valence-corrected chi connectivity index (χ2v) is 8.10. The second-order valence-electron chi connectivity index (χ2n) is 5.61. The Labute approximate surface area is 130 Å². The number of nitrogens with one attached hydrogen (secondary N) is 1. The van der Waals surface area contributed by atoms with Crippen LogP contribution in [-0.4, -0.2) is 16.0 Å². The van der Waals surface area contributed by atoms with Crippen molar-refractivity contribution >= 4 is 22.6 Å². The minimum atomic E-state index is -4.43. The highest BCUT2D eigenvalue weighted by Gasteiger charge is 2.33. The van der Waals surface area contributed by atoms with Gasteiger partial charge >= 0.3 is 6.18 Å². The number of alkyl halides is 3. The van der Waals surface area contributed by atoms with Gasteiger partial charge in [0.2, 0.25) is 0 Å². The third-order valence-electron chi connectivity index (χ3n) is 3.30. The first-order valence-electron chi connectivity index (χ1n) is 6.44. The number of halogens is 4. The summed E-state index contributed by atoms with van der Waals surface area (Å²) in [6, 6.07) is 3.55. The second kappa shape index (κ2) is 6.67. The predicted octanol–water partition coefficient (Wildman–Crippen LogP) is 4.51. The van der Waals surface area contributed by atoms with Crippen LogP contribution in [-0.2, 0) is 17.2 Å². The summed E-state index contributed by atoms with van der Waals surface area (Å²) < 4.78 is 52.4. The molecule has 0 radical (unpaired) electrons. The molecule has 0 heterocycles. The highest BCUT2D eigenvalue weighted by Crippen LogP contribution is 2.36. The number of benzene rings is 1. The maximum atomic E-state index is 12.8. The van der Waals surface area contributed by atoms with Gasteiger partial charge in [0.05, 0.1) is 21.3 Å². The van der Waals surface area contributed by atoms with Crippen LogP contribution in [0.4, 0.5) is 13.2 Å². The van der Waals surface area contributed by atoms with Crippen LogP contribution in [0, 0.1) is 0 Å². The molecule has 1 aromatic carbocycles. The van der Waals surface area contributed by atoms with E-state index in [1.807, 2.05) is 13.8 Å². The van der Waals surface area contributed by atoms with Crippen LogP contribution in [0.15, 0.2) is 18.2 Å². The normalized spacial score (nSPS) is 15.8. The van der Waals surface area contributed by atoms with Gasteiger partial charge in [-0.2, -0.15) is 13.2 Å². The van der Waals surface area contributed by atoms with Gasteiger partial charge < -0.3 is 0 Å². The van der Waals surface area contributed by atoms with E-state index >= 15 is 0 Å². The molecule has 0 aliphatic rings. The van der Waals surface area contributed by atoms with Gasteiger partial charge in [-0.05, 0) is 57.0 Å². The molecule has 0 aliphatic heterocycles. The Morgan fingerprint density at radius 3 is 2.33 bits per heavy atom. The van der Waals surface area contributed by atoms with Crippen LogP contribution >= 0.6 is 11.6 Å². The lowest BCUT2D eigenvalue weighted by Crippen LogP contribution is -2.35. The van der Waals surface area contributed by atoms with E-state index in [1.165, 1.54) is 6.07 Å². The molecule has 1 rings (SSSR count). The summed E-state index contributed by atoms with van der Waals surface area (Å²) in [6.45, 7) is 5.43. The van der Waals surface area contributed by atoms with Gasteiger partial charge in [-0.25, -0.2) is 8.93 Å². The standard InChI is InChI=1S/C14H19ClF3NOS/c1-9(8-13(2,3)21(20)19-4)10-5-11(14(16,17)18)7-12(15)6-10/h5-7,9,19H,8H2,1-4H3/t9-,21?/m1/s1. The largest absolute Gasteiger partial charge is 0.416 e. The van der Waals surface area contributed by atoms with Gasteiger partial charge in [-0.3, -0.25) is 0 Å². The SMILES string of the molecule is CNS(=O)C(C)(C)C[C@@H](C)c1cc(Cl)cc(C(F)(F)F)c1. The van der Waals surface area contributed by atoms with Gasteiger partial charge in [0.1, 0.15) is 0 Å². The maximum Gasteiger partial charge on any atom is 0.416 e. The molecule has 0 aromatic heterocycles. The number of hydrogen-bond donors (Lipinski definition) is 1. The fraction of sp³-hybridized carbons (Fsp3) is 0.571. The summed E-state index contributed by atoms with van der Waals surface area (Å²) >= 11 is 5.79. The Kier molecular flexibility index (Phi) is 5.86. The topological polar surface area (TPSA) is 29.1 Å². The zero-order valence-corrected chi connectivity index (χ0v) is 13.9. The van der Waals surface area contributed by atoms with E-state index in [2.05, 4.69) is 4.72 Å². The summed E-state index contributed by atoms with van der Waals surface area (Å²) in [6.07, 6.45) is -3.96. The van der Waals surface area contributed by atoms with Crippen molar-refractivity contribution in [2.24, 2.45) is 0 Å². The van der Waals surface area contributed by atoms with E-state index in [0.717, 1.165) is 12.1 Å². The lowest BCUT2D eigenvalue weighted by molar-refractivity contribution is -0.137. The summed E-state index contributed by atoms with van der Waals surface area (Å²) in [4.78, 5) is 0. The molecule has 0 fully saturated rings. The molecule has 1 unspecified atom stereocenters. The van der Waals surface area contributed by atoms with E-state index < -0.39 is 27.5 Å². The molecule has 0 bridgehead atoms. The first-order chi connectivity index (χ1) is 9.47. The average Bonchev–Trinajstić information content (AvgIpc) is 2.35. The minimum absolute atomic E-state index is 0.0548. The third-order valence-corrected chi connectivity index (χ3v) is 5.06. The van der Waals surface area contributed by atoms with Crippen LogP contribution in [0.1, 0.15) is 44.2 Å². The fourth-order valence-corrected chi connectivity index (χ4v) is 3.47. The van der Waals surface area contributed by atoms with Crippen LogP contribution < -0.4 is 4.72 Å². The van der Waals surface area contributed by atoms with Crippen molar-refractivity contribution in [1.82, 2.24) is 4.72 Å². The van der Waals surface area contributed by atoms with Crippen LogP contribution in [0.3, 0.4) is 0 Å². The molecule has 0 spiro atoms. The molecule has 0 aliphatic carbocycles. The van der Waals surface area contributed by atoms with Gasteiger partial charge in [0, 0.05) is 5.02 Å². The van der Waals surface area contributed by atoms with Crippen LogP contribution in [0.2, 0.25) is 5.02 Å². The van der Waals surface area contributed by atoms with E-state index in [4.69, 9.17) is 11.6 Å². The first-order valence-corrected chi connectivity index (χ1v) is 7.97. The number of rotatable bonds is 5. The molecule has 0 amide bonds. The third kappa shape index (κ3) is 4.97. The smallest absolute Gasteiger partial charge is 0.242 e. The highest BCUT2D eigenvalue weighted by molar-refractivity contribution is 7.84. The van der Waals surface area contributed by atoms with Crippen molar-refractivity contribution < 1.29 is 17.4 Å². The minimum Gasteiger partial charge on any atom is -0.242 e. The molecule has 2 atom stereocenters. The Hall–Kier alpha value is -0.590. The van der Waals surface area contributed by atoms with Crippen molar-refractivity contribution in [3.63, 3.8) is 0 Å². The quantitative estimate of drug-likeness (QED) is 0.838. The van der Waals surface area contributed by atoms with E-state index in [-0.39, 0.29) is 10.9 Å². The predicted molar refractivity (Wildman–Crippen MR) is 80.8 cm³/mol. The van der Waals surface area contributed by atoms with Crippen molar-refractivity contribution in [2.75, 3.05) is 7.05 Å². The average molecular weight is 342 g/mol. The Balaban J connectivity index is 3.06. The lowest BCUT2D eigenvalue weighted by atomic mass is 9.90.